The van der Waals surface area contributed by atoms with Crippen molar-refractivity contribution in [3.63, 3.8) is 0 Å². The second kappa shape index (κ2) is 11.7. The zero-order chi connectivity index (χ0) is 24.6. The molecule has 34 heavy (non-hydrogen) atoms. The zero-order valence-electron chi connectivity index (χ0n) is 21.0. The highest BCUT2D eigenvalue weighted by Crippen LogP contribution is 2.36. The van der Waals surface area contributed by atoms with Gasteiger partial charge in [-0.2, -0.15) is 20.4 Å². The minimum absolute atomic E-state index is 0.0495. The van der Waals surface area contributed by atoms with Crippen molar-refractivity contribution in [2.75, 3.05) is 0 Å². The van der Waals surface area contributed by atoms with E-state index in [1.807, 2.05) is 57.2 Å². The molecule has 0 aliphatic heterocycles. The first-order valence-corrected chi connectivity index (χ1v) is 12.2. The molecule has 1 N–H and O–H groups in total. The summed E-state index contributed by atoms with van der Waals surface area (Å²) >= 11 is 0. The van der Waals surface area contributed by atoms with E-state index in [4.69, 9.17) is 0 Å². The van der Waals surface area contributed by atoms with Gasteiger partial charge in [0.25, 0.3) is 0 Å². The second-order valence-corrected chi connectivity index (χ2v) is 9.49. The summed E-state index contributed by atoms with van der Waals surface area (Å²) in [6, 6.07) is 15.6. The summed E-state index contributed by atoms with van der Waals surface area (Å²) in [7, 11) is 0. The molecule has 7 nitrogen and oxygen atoms in total. The van der Waals surface area contributed by atoms with Gasteiger partial charge in [0.05, 0.1) is 28.3 Å². The zero-order valence-corrected chi connectivity index (χ0v) is 21.0. The van der Waals surface area contributed by atoms with E-state index in [-0.39, 0.29) is 11.4 Å². The lowest BCUT2D eigenvalue weighted by Gasteiger charge is -2.19. The Morgan fingerprint density at radius 3 is 1.71 bits per heavy atom. The van der Waals surface area contributed by atoms with E-state index in [1.165, 1.54) is 18.4 Å². The number of hydrogen-bond acceptors (Lipinski definition) is 6. The predicted octanol–water partition coefficient (Wildman–Crippen LogP) is 8.86. The van der Waals surface area contributed by atoms with Crippen LogP contribution in [0.25, 0.3) is 0 Å². The van der Waals surface area contributed by atoms with E-state index in [9.17, 15) is 5.11 Å². The fraction of sp³-hybridized carbons (Fsp3) is 0.444. The molecule has 2 aromatic carbocycles. The first-order valence-electron chi connectivity index (χ1n) is 12.2. The fourth-order valence-corrected chi connectivity index (χ4v) is 3.45. The van der Waals surface area contributed by atoms with Crippen LogP contribution in [0, 0.1) is 0 Å². The third kappa shape index (κ3) is 6.83. The average molecular weight is 461 g/mol. The van der Waals surface area contributed by atoms with Crippen LogP contribution in [0.5, 0.6) is 5.88 Å². The Morgan fingerprint density at radius 2 is 1.21 bits per heavy atom. The van der Waals surface area contributed by atoms with Crippen molar-refractivity contribution in [1.29, 1.82) is 0 Å². The highest BCUT2D eigenvalue weighted by molar-refractivity contribution is 5.53. The Balaban J connectivity index is 1.71. The van der Waals surface area contributed by atoms with Gasteiger partial charge in [-0.3, -0.25) is 0 Å². The summed E-state index contributed by atoms with van der Waals surface area (Å²) in [6.45, 7) is 10.3. The quantitative estimate of drug-likeness (QED) is 0.306. The van der Waals surface area contributed by atoms with E-state index < -0.39 is 0 Å². The Kier molecular flexibility index (Phi) is 8.68. The third-order valence-electron chi connectivity index (χ3n) is 5.46. The minimum Gasteiger partial charge on any atom is -0.492 e. The lowest BCUT2D eigenvalue weighted by atomic mass is 10.1. The van der Waals surface area contributed by atoms with Crippen LogP contribution in [-0.2, 0) is 18.4 Å². The van der Waals surface area contributed by atoms with E-state index in [0.29, 0.717) is 11.4 Å². The summed E-state index contributed by atoms with van der Waals surface area (Å²) in [5, 5.41) is 32.7. The summed E-state index contributed by atoms with van der Waals surface area (Å²) in [6.07, 6.45) is 6.25. The molecule has 0 spiro atoms. The molecule has 0 aliphatic carbocycles. The van der Waals surface area contributed by atoms with E-state index >= 15 is 0 Å². The number of nitrogens with zero attached hydrogens (tertiary/aromatic N) is 6. The van der Waals surface area contributed by atoms with Crippen molar-refractivity contribution in [1.82, 2.24) is 9.78 Å². The maximum Gasteiger partial charge on any atom is 0.238 e. The molecule has 0 saturated carbocycles. The van der Waals surface area contributed by atoms with Crippen molar-refractivity contribution >= 4 is 22.7 Å². The molecule has 0 unspecified atom stereocenters. The van der Waals surface area contributed by atoms with Gasteiger partial charge in [-0.1, -0.05) is 38.8 Å². The molecule has 7 heteroatoms. The van der Waals surface area contributed by atoms with Gasteiger partial charge in [-0.05, 0) is 88.4 Å². The summed E-state index contributed by atoms with van der Waals surface area (Å²) < 4.78 is 1.62. The third-order valence-corrected chi connectivity index (χ3v) is 5.46. The smallest absolute Gasteiger partial charge is 0.238 e. The van der Waals surface area contributed by atoms with Crippen molar-refractivity contribution in [2.24, 2.45) is 20.5 Å². The molecule has 3 aromatic rings. The standard InChI is InChI=1S/C27H36N6O/c1-6-8-10-20-12-14-21(15-13-20)28-29-22-16-18-23(19-17-22)30-31-25-24(11-9-7-2)32-33(26(25)34)27(3,4)5/h12-19,34H,6-11H2,1-5H3. The molecular formula is C27H36N6O. The topological polar surface area (TPSA) is 87.5 Å². The number of azo groups is 2. The van der Waals surface area contributed by atoms with Crippen LogP contribution in [-0.4, -0.2) is 14.9 Å². The van der Waals surface area contributed by atoms with Gasteiger partial charge in [0, 0.05) is 0 Å². The van der Waals surface area contributed by atoms with Gasteiger partial charge >= 0.3 is 0 Å². The molecule has 0 radical (unpaired) electrons. The van der Waals surface area contributed by atoms with Crippen LogP contribution in [0.2, 0.25) is 0 Å². The highest BCUT2D eigenvalue weighted by atomic mass is 16.3. The number of aromatic nitrogens is 2. The number of aryl methyl sites for hydroxylation is 2. The van der Waals surface area contributed by atoms with Gasteiger partial charge in [0.2, 0.25) is 5.88 Å². The molecule has 1 heterocycles. The van der Waals surface area contributed by atoms with Crippen LogP contribution in [0.4, 0.5) is 22.7 Å². The number of benzene rings is 2. The molecule has 0 atom stereocenters. The monoisotopic (exact) mass is 460 g/mol. The molecule has 0 saturated heterocycles. The molecule has 0 bridgehead atoms. The SMILES string of the molecule is CCCCc1ccc(N=Nc2ccc(N=Nc3c(CCCC)nn(C(C)(C)C)c3O)cc2)cc1. The van der Waals surface area contributed by atoms with Crippen molar-refractivity contribution in [3.05, 3.63) is 59.8 Å². The maximum absolute atomic E-state index is 10.7. The van der Waals surface area contributed by atoms with Crippen LogP contribution in [0.3, 0.4) is 0 Å². The van der Waals surface area contributed by atoms with Crippen LogP contribution in [0.1, 0.15) is 71.6 Å². The van der Waals surface area contributed by atoms with Gasteiger partial charge < -0.3 is 5.11 Å². The van der Waals surface area contributed by atoms with Crippen molar-refractivity contribution in [2.45, 2.75) is 78.7 Å². The molecule has 0 aliphatic rings. The number of unbranched alkanes of at least 4 members (excludes halogenated alkanes) is 2. The van der Waals surface area contributed by atoms with Crippen LogP contribution in [0.15, 0.2) is 69.0 Å². The molecule has 0 amide bonds. The number of aromatic hydroxyl groups is 1. The van der Waals surface area contributed by atoms with Gasteiger partial charge in [0.15, 0.2) is 5.69 Å². The van der Waals surface area contributed by atoms with Gasteiger partial charge in [0.1, 0.15) is 0 Å². The Bertz CT molecular complexity index is 1110. The summed E-state index contributed by atoms with van der Waals surface area (Å²) in [5.74, 6) is 0.0495. The Hall–Kier alpha value is -3.35. The first kappa shape index (κ1) is 25.3. The second-order valence-electron chi connectivity index (χ2n) is 9.49. The van der Waals surface area contributed by atoms with E-state index in [1.54, 1.807) is 4.68 Å². The molecular weight excluding hydrogens is 424 g/mol. The van der Waals surface area contributed by atoms with Crippen molar-refractivity contribution < 1.29 is 5.11 Å². The van der Waals surface area contributed by atoms with E-state index in [0.717, 1.165) is 42.8 Å². The highest BCUT2D eigenvalue weighted by Gasteiger charge is 2.24. The lowest BCUT2D eigenvalue weighted by Crippen LogP contribution is -2.22. The largest absolute Gasteiger partial charge is 0.492 e. The molecule has 1 aromatic heterocycles. The lowest BCUT2D eigenvalue weighted by molar-refractivity contribution is 0.294. The van der Waals surface area contributed by atoms with Gasteiger partial charge in [-0.25, -0.2) is 4.68 Å². The first-order chi connectivity index (χ1) is 16.3. The predicted molar refractivity (Wildman–Crippen MR) is 137 cm³/mol. The van der Waals surface area contributed by atoms with Crippen molar-refractivity contribution in [3.8, 4) is 5.88 Å². The molecule has 180 valence electrons. The molecule has 3 rings (SSSR count). The maximum atomic E-state index is 10.7. The van der Waals surface area contributed by atoms with E-state index in [2.05, 4.69) is 51.5 Å². The normalized spacial score (nSPS) is 12.3. The fourth-order valence-electron chi connectivity index (χ4n) is 3.45. The Morgan fingerprint density at radius 1 is 0.735 bits per heavy atom. The molecule has 0 fully saturated rings. The van der Waals surface area contributed by atoms with Crippen LogP contribution >= 0.6 is 0 Å². The van der Waals surface area contributed by atoms with Crippen LogP contribution < -0.4 is 0 Å². The summed E-state index contributed by atoms with van der Waals surface area (Å²) in [4.78, 5) is 0. The summed E-state index contributed by atoms with van der Waals surface area (Å²) in [5.41, 5.74) is 4.42. The number of rotatable bonds is 10. The van der Waals surface area contributed by atoms with Gasteiger partial charge in [-0.15, -0.1) is 5.11 Å². The number of hydrogen-bond donors (Lipinski definition) is 1. The minimum atomic E-state index is -0.346. The average Bonchev–Trinajstić information content (AvgIpc) is 3.15. The Labute approximate surface area is 202 Å².